The first kappa shape index (κ1) is 23.6. The number of hydrogen-bond acceptors (Lipinski definition) is 5. The molecule has 0 radical (unpaired) electrons. The number of ether oxygens (including phenoxy) is 1. The second kappa shape index (κ2) is 10.1. The molecule has 0 aliphatic carbocycles. The van der Waals surface area contributed by atoms with E-state index in [1.54, 1.807) is 23.0 Å². The third kappa shape index (κ3) is 5.25. The third-order valence-corrected chi connectivity index (χ3v) is 6.71. The molecule has 0 saturated carbocycles. The summed E-state index contributed by atoms with van der Waals surface area (Å²) in [6.45, 7) is 4.08. The molecule has 164 valence electrons. The minimum absolute atomic E-state index is 0.155. The first-order valence-corrected chi connectivity index (χ1v) is 11.6. The summed E-state index contributed by atoms with van der Waals surface area (Å²) in [6, 6.07) is 4.53. The Morgan fingerprint density at radius 3 is 2.77 bits per heavy atom. The summed E-state index contributed by atoms with van der Waals surface area (Å²) in [5.41, 5.74) is 1.75. The molecule has 2 N–H and O–H groups in total. The Labute approximate surface area is 201 Å². The van der Waals surface area contributed by atoms with E-state index in [4.69, 9.17) is 28.6 Å². The number of nitrogens with one attached hydrogen (secondary N) is 2. The fourth-order valence-electron chi connectivity index (χ4n) is 3.06. The van der Waals surface area contributed by atoms with E-state index in [0.717, 1.165) is 10.4 Å². The Hall–Kier alpha value is -2.01. The molecule has 0 fully saturated rings. The number of esters is 1. The largest absolute Gasteiger partial charge is 0.465 e. The first-order valence-electron chi connectivity index (χ1n) is 9.19. The first-order chi connectivity index (χ1) is 14.7. The van der Waals surface area contributed by atoms with Crippen LogP contribution in [0, 0.1) is 12.7 Å². The third-order valence-electron chi connectivity index (χ3n) is 4.51. The molecule has 11 heteroatoms. The minimum atomic E-state index is -0.418. The number of aromatic nitrogens is 2. The van der Waals surface area contributed by atoms with Crippen LogP contribution in [0.3, 0.4) is 0 Å². The molecule has 1 aromatic carbocycles. The van der Waals surface area contributed by atoms with Gasteiger partial charge >= 0.3 is 5.97 Å². The van der Waals surface area contributed by atoms with Crippen molar-refractivity contribution in [3.63, 3.8) is 0 Å². The molecule has 3 aromatic rings. The smallest absolute Gasteiger partial charge is 0.341 e. The summed E-state index contributed by atoms with van der Waals surface area (Å²) in [4.78, 5) is 13.3. The van der Waals surface area contributed by atoms with Crippen LogP contribution in [0.5, 0.6) is 0 Å². The van der Waals surface area contributed by atoms with E-state index < -0.39 is 11.8 Å². The van der Waals surface area contributed by atoms with Gasteiger partial charge in [-0.05, 0) is 59.2 Å². The van der Waals surface area contributed by atoms with Crippen LogP contribution in [0.2, 0.25) is 5.02 Å². The Bertz CT molecular complexity index is 1130. The molecule has 0 aliphatic rings. The van der Waals surface area contributed by atoms with E-state index in [2.05, 4.69) is 31.7 Å². The fourth-order valence-corrected chi connectivity index (χ4v) is 5.10. The average molecular weight is 546 g/mol. The predicted molar refractivity (Wildman–Crippen MR) is 130 cm³/mol. The fraction of sp³-hybridized carbons (Fsp3) is 0.250. The lowest BCUT2D eigenvalue weighted by molar-refractivity contribution is 0.0601. The Kier molecular flexibility index (Phi) is 7.68. The summed E-state index contributed by atoms with van der Waals surface area (Å²) >= 11 is 16.4. The van der Waals surface area contributed by atoms with Crippen molar-refractivity contribution < 1.29 is 13.9 Å². The van der Waals surface area contributed by atoms with Crippen LogP contribution in [0.15, 0.2) is 28.9 Å². The van der Waals surface area contributed by atoms with Crippen LogP contribution in [0.25, 0.3) is 0 Å². The second-order valence-electron chi connectivity index (χ2n) is 6.49. The molecule has 0 saturated heterocycles. The number of halogens is 3. The number of carbonyl (C=O) groups is 1. The van der Waals surface area contributed by atoms with Gasteiger partial charge in [-0.3, -0.25) is 4.68 Å². The quantitative estimate of drug-likeness (QED) is 0.292. The van der Waals surface area contributed by atoms with Gasteiger partial charge in [0.05, 0.1) is 23.7 Å². The highest BCUT2D eigenvalue weighted by Gasteiger charge is 2.22. The van der Waals surface area contributed by atoms with Crippen LogP contribution >= 0.6 is 51.1 Å². The summed E-state index contributed by atoms with van der Waals surface area (Å²) in [6.07, 6.45) is 2.39. The van der Waals surface area contributed by atoms with Crippen molar-refractivity contribution in [2.24, 2.45) is 0 Å². The standard InChI is InChI=1S/C20H19BrClFN4O2S2/c1-4-11-10(2)31-18(16(11)19(28)29-3)25-20(30)24-17-13(21)9-27(26-17)8-12-14(22)6-5-7-15(12)23/h5-7,9H,4,8H2,1-3H3,(H2,24,25,26,30). The number of rotatable bonds is 6. The van der Waals surface area contributed by atoms with E-state index in [9.17, 15) is 9.18 Å². The molecule has 2 aromatic heterocycles. The number of carbonyl (C=O) groups excluding carboxylic acids is 1. The number of thiophene rings is 1. The number of benzene rings is 1. The van der Waals surface area contributed by atoms with Crippen molar-refractivity contribution >= 4 is 73.0 Å². The van der Waals surface area contributed by atoms with E-state index in [0.29, 0.717) is 37.9 Å². The van der Waals surface area contributed by atoms with Gasteiger partial charge in [0.25, 0.3) is 0 Å². The lowest BCUT2D eigenvalue weighted by Crippen LogP contribution is -2.21. The van der Waals surface area contributed by atoms with Gasteiger partial charge in [-0.15, -0.1) is 11.3 Å². The van der Waals surface area contributed by atoms with Crippen molar-refractivity contribution in [3.8, 4) is 0 Å². The number of methoxy groups -OCH3 is 1. The number of nitrogens with zero attached hydrogens (tertiary/aromatic N) is 2. The van der Waals surface area contributed by atoms with Crippen molar-refractivity contribution in [2.75, 3.05) is 17.7 Å². The maximum Gasteiger partial charge on any atom is 0.341 e. The van der Waals surface area contributed by atoms with Gasteiger partial charge in [0.15, 0.2) is 10.9 Å². The zero-order valence-electron chi connectivity index (χ0n) is 16.9. The van der Waals surface area contributed by atoms with Gasteiger partial charge in [0, 0.05) is 21.7 Å². The maximum atomic E-state index is 14.1. The second-order valence-corrected chi connectivity index (χ2v) is 9.38. The van der Waals surface area contributed by atoms with Gasteiger partial charge < -0.3 is 15.4 Å². The van der Waals surface area contributed by atoms with Crippen LogP contribution < -0.4 is 10.6 Å². The van der Waals surface area contributed by atoms with Gasteiger partial charge in [-0.1, -0.05) is 24.6 Å². The van der Waals surface area contributed by atoms with Crippen LogP contribution in [0.4, 0.5) is 15.2 Å². The van der Waals surface area contributed by atoms with Gasteiger partial charge in [-0.25, -0.2) is 9.18 Å². The summed E-state index contributed by atoms with van der Waals surface area (Å²) in [5.74, 6) is -0.381. The van der Waals surface area contributed by atoms with Crippen molar-refractivity contribution in [2.45, 2.75) is 26.8 Å². The number of hydrogen-bond donors (Lipinski definition) is 2. The zero-order valence-corrected chi connectivity index (χ0v) is 20.9. The van der Waals surface area contributed by atoms with Crippen LogP contribution in [-0.4, -0.2) is 28.0 Å². The summed E-state index contributed by atoms with van der Waals surface area (Å²) in [7, 11) is 1.35. The van der Waals surface area contributed by atoms with Gasteiger partial charge in [0.2, 0.25) is 0 Å². The number of anilines is 2. The van der Waals surface area contributed by atoms with E-state index in [1.165, 1.54) is 24.5 Å². The lowest BCUT2D eigenvalue weighted by atomic mass is 10.1. The zero-order chi connectivity index (χ0) is 22.7. The molecular formula is C20H19BrClFN4O2S2. The van der Waals surface area contributed by atoms with Crippen molar-refractivity contribution in [1.82, 2.24) is 9.78 Å². The number of thiocarbonyl (C=S) groups is 1. The highest BCUT2D eigenvalue weighted by atomic mass is 79.9. The lowest BCUT2D eigenvalue weighted by Gasteiger charge is -2.10. The van der Waals surface area contributed by atoms with Gasteiger partial charge in [-0.2, -0.15) is 5.10 Å². The minimum Gasteiger partial charge on any atom is -0.465 e. The Morgan fingerprint density at radius 2 is 2.13 bits per heavy atom. The predicted octanol–water partition coefficient (Wildman–Crippen LogP) is 6.01. The van der Waals surface area contributed by atoms with Gasteiger partial charge in [0.1, 0.15) is 10.8 Å². The van der Waals surface area contributed by atoms with Crippen molar-refractivity contribution in [3.05, 3.63) is 61.3 Å². The van der Waals surface area contributed by atoms with E-state index in [-0.39, 0.29) is 11.7 Å². The van der Waals surface area contributed by atoms with E-state index in [1.807, 2.05) is 13.8 Å². The Morgan fingerprint density at radius 1 is 1.39 bits per heavy atom. The highest BCUT2D eigenvalue weighted by molar-refractivity contribution is 9.10. The molecular weight excluding hydrogens is 527 g/mol. The van der Waals surface area contributed by atoms with Crippen LogP contribution in [0.1, 0.15) is 33.3 Å². The number of aryl methyl sites for hydroxylation is 1. The Balaban J connectivity index is 1.77. The van der Waals surface area contributed by atoms with E-state index >= 15 is 0 Å². The normalized spacial score (nSPS) is 10.8. The molecule has 0 atom stereocenters. The average Bonchev–Trinajstić information content (AvgIpc) is 3.22. The van der Waals surface area contributed by atoms with Crippen LogP contribution in [-0.2, 0) is 17.7 Å². The highest BCUT2D eigenvalue weighted by Crippen LogP contribution is 2.34. The molecule has 3 rings (SSSR count). The molecule has 6 nitrogen and oxygen atoms in total. The molecule has 31 heavy (non-hydrogen) atoms. The molecule has 0 bridgehead atoms. The molecule has 0 amide bonds. The maximum absolute atomic E-state index is 14.1. The molecule has 0 aliphatic heterocycles. The summed E-state index contributed by atoms with van der Waals surface area (Å²) in [5, 5.41) is 11.6. The summed E-state index contributed by atoms with van der Waals surface area (Å²) < 4.78 is 21.2. The molecule has 0 spiro atoms. The monoisotopic (exact) mass is 544 g/mol. The SMILES string of the molecule is CCc1c(C)sc(NC(=S)Nc2nn(Cc3c(F)cccc3Cl)cc2Br)c1C(=O)OC. The molecule has 2 heterocycles. The molecule has 0 unspecified atom stereocenters. The van der Waals surface area contributed by atoms with Crippen molar-refractivity contribution in [1.29, 1.82) is 0 Å². The topological polar surface area (TPSA) is 68.2 Å².